The molecule has 0 bridgehead atoms. The van der Waals surface area contributed by atoms with Gasteiger partial charge in [0.1, 0.15) is 6.04 Å². The van der Waals surface area contributed by atoms with Gasteiger partial charge in [-0.2, -0.15) is 5.10 Å². The van der Waals surface area contributed by atoms with Crippen molar-refractivity contribution in [3.8, 4) is 11.5 Å². The van der Waals surface area contributed by atoms with E-state index in [9.17, 15) is 4.79 Å². The fourth-order valence-electron chi connectivity index (χ4n) is 3.14. The van der Waals surface area contributed by atoms with Gasteiger partial charge in [0, 0.05) is 25.9 Å². The zero-order valence-corrected chi connectivity index (χ0v) is 15.7. The number of hydrogen-bond acceptors (Lipinski definition) is 5. The summed E-state index contributed by atoms with van der Waals surface area (Å²) in [4.78, 5) is 14.9. The largest absolute Gasteiger partial charge is 0.454 e. The maximum Gasteiger partial charge on any atom is 0.247 e. The Hall–Kier alpha value is -2.54. The highest BCUT2D eigenvalue weighted by atomic mass is 16.7. The molecule has 26 heavy (non-hydrogen) atoms. The normalized spacial score (nSPS) is 13.7. The van der Waals surface area contributed by atoms with Gasteiger partial charge in [-0.05, 0) is 44.5 Å². The second kappa shape index (κ2) is 7.78. The molecule has 1 aliphatic rings. The van der Waals surface area contributed by atoms with E-state index in [1.165, 1.54) is 0 Å². The molecule has 7 heteroatoms. The fraction of sp³-hybridized carbons (Fsp3) is 0.474. The van der Waals surface area contributed by atoms with Crippen molar-refractivity contribution >= 4 is 5.91 Å². The second-order valence-corrected chi connectivity index (χ2v) is 6.49. The van der Waals surface area contributed by atoms with Gasteiger partial charge >= 0.3 is 0 Å². The van der Waals surface area contributed by atoms with Crippen molar-refractivity contribution in [2.75, 3.05) is 27.1 Å². The van der Waals surface area contributed by atoms with E-state index in [-0.39, 0.29) is 18.7 Å². The van der Waals surface area contributed by atoms with Crippen molar-refractivity contribution in [2.24, 2.45) is 0 Å². The minimum Gasteiger partial charge on any atom is -0.454 e. The summed E-state index contributed by atoms with van der Waals surface area (Å²) in [5.41, 5.74) is 2.86. The summed E-state index contributed by atoms with van der Waals surface area (Å²) in [6, 6.07) is 7.34. The van der Waals surface area contributed by atoms with E-state index in [2.05, 4.69) is 5.10 Å². The Balaban J connectivity index is 1.78. The molecule has 0 saturated carbocycles. The summed E-state index contributed by atoms with van der Waals surface area (Å²) < 4.78 is 17.7. The van der Waals surface area contributed by atoms with Gasteiger partial charge < -0.3 is 19.1 Å². The molecule has 0 radical (unpaired) electrons. The topological polar surface area (TPSA) is 65.8 Å². The zero-order valence-electron chi connectivity index (χ0n) is 15.7. The number of nitrogens with zero attached hydrogens (tertiary/aromatic N) is 3. The predicted octanol–water partition coefficient (Wildman–Crippen LogP) is 2.46. The van der Waals surface area contributed by atoms with Gasteiger partial charge in [0.2, 0.25) is 12.7 Å². The maximum atomic E-state index is 13.1. The van der Waals surface area contributed by atoms with Crippen molar-refractivity contribution in [3.05, 3.63) is 41.2 Å². The van der Waals surface area contributed by atoms with Crippen LogP contribution in [0.4, 0.5) is 0 Å². The molecular weight excluding hydrogens is 334 g/mol. The van der Waals surface area contributed by atoms with E-state index in [0.717, 1.165) is 22.7 Å². The Kier molecular flexibility index (Phi) is 5.46. The molecule has 0 fully saturated rings. The lowest BCUT2D eigenvalue weighted by Gasteiger charge is -2.26. The van der Waals surface area contributed by atoms with Crippen LogP contribution in [0, 0.1) is 13.8 Å². The second-order valence-electron chi connectivity index (χ2n) is 6.49. The van der Waals surface area contributed by atoms with E-state index >= 15 is 0 Å². The third-order valence-electron chi connectivity index (χ3n) is 4.46. The molecule has 1 amide bonds. The Morgan fingerprint density at radius 1 is 1.31 bits per heavy atom. The minimum atomic E-state index is -0.380. The SMILES string of the molecule is COCCN(Cc1ccc2c(c1)OCO2)C(=O)[C@@H](C)n1nc(C)cc1C. The predicted molar refractivity (Wildman–Crippen MR) is 96.3 cm³/mol. The van der Waals surface area contributed by atoms with E-state index < -0.39 is 0 Å². The van der Waals surface area contributed by atoms with Crippen LogP contribution in [0.15, 0.2) is 24.3 Å². The van der Waals surface area contributed by atoms with Crippen molar-refractivity contribution in [1.82, 2.24) is 14.7 Å². The molecular formula is C19H25N3O4. The van der Waals surface area contributed by atoms with E-state index in [0.29, 0.717) is 25.4 Å². The average Bonchev–Trinajstić information content (AvgIpc) is 3.22. The smallest absolute Gasteiger partial charge is 0.247 e. The molecule has 2 heterocycles. The third-order valence-corrected chi connectivity index (χ3v) is 4.46. The maximum absolute atomic E-state index is 13.1. The molecule has 7 nitrogen and oxygen atoms in total. The Bertz CT molecular complexity index is 787. The van der Waals surface area contributed by atoms with Crippen molar-refractivity contribution < 1.29 is 19.0 Å². The first kappa shape index (κ1) is 18.3. The van der Waals surface area contributed by atoms with Gasteiger partial charge in [-0.25, -0.2) is 0 Å². The van der Waals surface area contributed by atoms with Crippen LogP contribution in [0.5, 0.6) is 11.5 Å². The molecule has 0 unspecified atom stereocenters. The number of carbonyl (C=O) groups is 1. The molecule has 0 aliphatic carbocycles. The molecule has 1 aromatic heterocycles. The fourth-order valence-corrected chi connectivity index (χ4v) is 3.14. The van der Waals surface area contributed by atoms with Crippen LogP contribution in [-0.4, -0.2) is 47.6 Å². The van der Waals surface area contributed by atoms with Crippen LogP contribution in [0.2, 0.25) is 0 Å². The highest BCUT2D eigenvalue weighted by Crippen LogP contribution is 2.33. The first-order valence-corrected chi connectivity index (χ1v) is 8.68. The minimum absolute atomic E-state index is 0.00548. The summed E-state index contributed by atoms with van der Waals surface area (Å²) in [5.74, 6) is 1.46. The lowest BCUT2D eigenvalue weighted by Crippen LogP contribution is -2.38. The molecule has 0 spiro atoms. The first-order chi connectivity index (χ1) is 12.5. The number of ether oxygens (including phenoxy) is 3. The van der Waals surface area contributed by atoms with E-state index in [1.54, 1.807) is 16.7 Å². The molecule has 1 atom stereocenters. The van der Waals surface area contributed by atoms with Gasteiger partial charge in [0.05, 0.1) is 12.3 Å². The number of carbonyl (C=O) groups excluding carboxylic acids is 1. The van der Waals surface area contributed by atoms with Crippen LogP contribution in [-0.2, 0) is 16.1 Å². The summed E-state index contributed by atoms with van der Waals surface area (Å²) >= 11 is 0. The number of benzene rings is 1. The molecule has 0 N–H and O–H groups in total. The third kappa shape index (κ3) is 3.83. The summed E-state index contributed by atoms with van der Waals surface area (Å²) in [6.45, 7) is 7.45. The number of aromatic nitrogens is 2. The highest BCUT2D eigenvalue weighted by molar-refractivity contribution is 5.80. The van der Waals surface area contributed by atoms with Crippen LogP contribution in [0.25, 0.3) is 0 Å². The number of methoxy groups -OCH3 is 1. The lowest BCUT2D eigenvalue weighted by molar-refractivity contribution is -0.136. The first-order valence-electron chi connectivity index (χ1n) is 8.68. The Morgan fingerprint density at radius 2 is 2.08 bits per heavy atom. The van der Waals surface area contributed by atoms with E-state index in [1.807, 2.05) is 45.0 Å². The van der Waals surface area contributed by atoms with Gasteiger partial charge in [-0.15, -0.1) is 0 Å². The van der Waals surface area contributed by atoms with Crippen LogP contribution in [0.1, 0.15) is 29.9 Å². The molecule has 140 valence electrons. The Labute approximate surface area is 153 Å². The standard InChI is InChI=1S/C19H25N3O4/c1-13-9-14(2)22(20-13)15(3)19(23)21(7-8-24-4)11-16-5-6-17-18(10-16)26-12-25-17/h5-6,9-10,15H,7-8,11-12H2,1-4H3/t15-/m1/s1. The van der Waals surface area contributed by atoms with Gasteiger partial charge in [0.25, 0.3) is 0 Å². The van der Waals surface area contributed by atoms with E-state index in [4.69, 9.17) is 14.2 Å². The summed E-state index contributed by atoms with van der Waals surface area (Å²) in [6.07, 6.45) is 0. The summed E-state index contributed by atoms with van der Waals surface area (Å²) in [5, 5.41) is 4.45. The summed E-state index contributed by atoms with van der Waals surface area (Å²) in [7, 11) is 1.63. The number of hydrogen-bond donors (Lipinski definition) is 0. The molecule has 1 aliphatic heterocycles. The van der Waals surface area contributed by atoms with Crippen molar-refractivity contribution in [3.63, 3.8) is 0 Å². The average molecular weight is 359 g/mol. The van der Waals surface area contributed by atoms with Crippen LogP contribution >= 0.6 is 0 Å². The Morgan fingerprint density at radius 3 is 2.77 bits per heavy atom. The van der Waals surface area contributed by atoms with Crippen LogP contribution < -0.4 is 9.47 Å². The number of aryl methyl sites for hydroxylation is 2. The zero-order chi connectivity index (χ0) is 18.7. The number of rotatable bonds is 7. The monoisotopic (exact) mass is 359 g/mol. The lowest BCUT2D eigenvalue weighted by atomic mass is 10.1. The number of fused-ring (bicyclic) bond motifs is 1. The quantitative estimate of drug-likeness (QED) is 0.760. The van der Waals surface area contributed by atoms with Gasteiger partial charge in [-0.3, -0.25) is 9.48 Å². The van der Waals surface area contributed by atoms with Crippen molar-refractivity contribution in [2.45, 2.75) is 33.4 Å². The molecule has 2 aromatic rings. The molecule has 0 saturated heterocycles. The molecule has 1 aromatic carbocycles. The van der Waals surface area contributed by atoms with Gasteiger partial charge in [-0.1, -0.05) is 6.07 Å². The van der Waals surface area contributed by atoms with Crippen LogP contribution in [0.3, 0.4) is 0 Å². The highest BCUT2D eigenvalue weighted by Gasteiger charge is 2.24. The molecule has 3 rings (SSSR count). The number of amides is 1. The van der Waals surface area contributed by atoms with Crippen molar-refractivity contribution in [1.29, 1.82) is 0 Å². The van der Waals surface area contributed by atoms with Gasteiger partial charge in [0.15, 0.2) is 11.5 Å².